The first kappa shape index (κ1) is 24.3. The first-order valence-electron chi connectivity index (χ1n) is 10.3. The van der Waals surface area contributed by atoms with E-state index < -0.39 is 15.9 Å². The van der Waals surface area contributed by atoms with Crippen molar-refractivity contribution < 1.29 is 22.7 Å². The van der Waals surface area contributed by atoms with E-state index in [0.717, 1.165) is 6.42 Å². The third kappa shape index (κ3) is 7.33. The normalized spacial score (nSPS) is 10.9. The lowest BCUT2D eigenvalue weighted by Gasteiger charge is -2.10. The molecule has 3 N–H and O–H groups in total. The number of sulfonamides is 1. The lowest BCUT2D eigenvalue weighted by molar-refractivity contribution is -0.121. The van der Waals surface area contributed by atoms with E-state index >= 15 is 0 Å². The summed E-state index contributed by atoms with van der Waals surface area (Å²) in [4.78, 5) is 25.4. The number of hydrazine groups is 1. The highest BCUT2D eigenvalue weighted by Gasteiger charge is 2.15. The van der Waals surface area contributed by atoms with Gasteiger partial charge in [0.1, 0.15) is 5.75 Å². The topological polar surface area (TPSA) is 114 Å². The quantitative estimate of drug-likeness (QED) is 0.377. The van der Waals surface area contributed by atoms with Crippen LogP contribution in [0.15, 0.2) is 70.9 Å². The van der Waals surface area contributed by atoms with E-state index in [1.165, 1.54) is 41.3 Å². The molecule has 0 bridgehead atoms. The fourth-order valence-corrected chi connectivity index (χ4v) is 4.73. The Balaban J connectivity index is 1.48. The second kappa shape index (κ2) is 11.5. The minimum atomic E-state index is -3.79. The Hall–Kier alpha value is -3.37. The Bertz CT molecular complexity index is 1160. The second-order valence-corrected chi connectivity index (χ2v) is 9.74. The summed E-state index contributed by atoms with van der Waals surface area (Å²) in [7, 11) is -3.79. The third-order valence-electron chi connectivity index (χ3n) is 4.57. The maximum absolute atomic E-state index is 12.6. The molecule has 10 heteroatoms. The van der Waals surface area contributed by atoms with Crippen LogP contribution in [0.25, 0.3) is 0 Å². The van der Waals surface area contributed by atoms with Crippen LogP contribution in [0.4, 0.5) is 5.69 Å². The Morgan fingerprint density at radius 1 is 0.970 bits per heavy atom. The molecule has 0 atom stereocenters. The number of hydrogen-bond donors (Lipinski definition) is 3. The van der Waals surface area contributed by atoms with Gasteiger partial charge in [-0.1, -0.05) is 6.07 Å². The fraction of sp³-hybridized carbons (Fsp3) is 0.217. The Morgan fingerprint density at radius 3 is 2.33 bits per heavy atom. The van der Waals surface area contributed by atoms with Gasteiger partial charge in [-0.25, -0.2) is 8.42 Å². The molecule has 174 valence electrons. The van der Waals surface area contributed by atoms with Gasteiger partial charge in [0.2, 0.25) is 5.91 Å². The number of amides is 2. The molecule has 1 aromatic heterocycles. The number of nitrogens with one attached hydrogen (secondary N) is 3. The van der Waals surface area contributed by atoms with Crippen molar-refractivity contribution in [1.82, 2.24) is 10.9 Å². The van der Waals surface area contributed by atoms with Gasteiger partial charge < -0.3 is 4.74 Å². The molecular formula is C23H25N3O5S2. The van der Waals surface area contributed by atoms with Crippen LogP contribution < -0.4 is 20.3 Å². The Morgan fingerprint density at radius 2 is 1.70 bits per heavy atom. The molecular weight excluding hydrogens is 462 g/mol. The van der Waals surface area contributed by atoms with Gasteiger partial charge in [0.05, 0.1) is 11.5 Å². The molecule has 8 nitrogen and oxygen atoms in total. The Labute approximate surface area is 197 Å². The molecule has 0 aliphatic heterocycles. The molecule has 2 aromatic carbocycles. The van der Waals surface area contributed by atoms with Crippen LogP contribution in [0.5, 0.6) is 5.75 Å². The smallest absolute Gasteiger partial charge is 0.269 e. The minimum Gasteiger partial charge on any atom is -0.494 e. The molecule has 0 saturated carbocycles. The van der Waals surface area contributed by atoms with Crippen LogP contribution in [0.3, 0.4) is 0 Å². The van der Waals surface area contributed by atoms with E-state index in [2.05, 4.69) is 15.6 Å². The van der Waals surface area contributed by atoms with Crippen molar-refractivity contribution in [2.75, 3.05) is 11.3 Å². The average Bonchev–Trinajstić information content (AvgIpc) is 3.32. The van der Waals surface area contributed by atoms with Gasteiger partial charge in [-0.3, -0.25) is 25.2 Å². The minimum absolute atomic E-state index is 0.0922. The summed E-state index contributed by atoms with van der Waals surface area (Å²) in [6, 6.07) is 16.0. The van der Waals surface area contributed by atoms with Gasteiger partial charge in [0.25, 0.3) is 15.9 Å². The zero-order valence-corrected chi connectivity index (χ0v) is 19.7. The standard InChI is InChI=1S/C23H25N3O5S2/c1-2-31-19-12-14-21(15-13-19)33(29,30)26-18-10-8-17(9-11-18)23(28)25-24-22(27)7-3-5-20-6-4-16-32-20/h4,6,8-16,26H,2-3,5,7H2,1H3,(H,24,27)(H,25,28). The van der Waals surface area contributed by atoms with Crippen molar-refractivity contribution in [3.63, 3.8) is 0 Å². The molecule has 0 saturated heterocycles. The third-order valence-corrected chi connectivity index (χ3v) is 6.90. The predicted octanol–water partition coefficient (Wildman–Crippen LogP) is 3.73. The van der Waals surface area contributed by atoms with Crippen molar-refractivity contribution >= 4 is 38.9 Å². The fourth-order valence-electron chi connectivity index (χ4n) is 2.92. The molecule has 0 aliphatic rings. The number of rotatable bonds is 10. The molecule has 0 aliphatic carbocycles. The Kier molecular flexibility index (Phi) is 8.45. The maximum atomic E-state index is 12.6. The van der Waals surface area contributed by atoms with Crippen LogP contribution in [-0.4, -0.2) is 26.8 Å². The van der Waals surface area contributed by atoms with Gasteiger partial charge in [-0.2, -0.15) is 0 Å². The van der Waals surface area contributed by atoms with Crippen molar-refractivity contribution in [1.29, 1.82) is 0 Å². The van der Waals surface area contributed by atoms with E-state index in [1.54, 1.807) is 23.5 Å². The first-order chi connectivity index (χ1) is 15.9. The monoisotopic (exact) mass is 487 g/mol. The number of thiophene rings is 1. The summed E-state index contributed by atoms with van der Waals surface area (Å²) in [5, 5.41) is 1.99. The van der Waals surface area contributed by atoms with Gasteiger partial charge in [0.15, 0.2) is 0 Å². The number of benzene rings is 2. The van der Waals surface area contributed by atoms with Crippen LogP contribution in [0, 0.1) is 0 Å². The summed E-state index contributed by atoms with van der Waals surface area (Å²) in [6.07, 6.45) is 1.79. The molecule has 0 unspecified atom stereocenters. The zero-order chi connectivity index (χ0) is 23.7. The molecule has 0 fully saturated rings. The predicted molar refractivity (Wildman–Crippen MR) is 128 cm³/mol. The molecule has 3 aromatic rings. The average molecular weight is 488 g/mol. The van der Waals surface area contributed by atoms with E-state index in [1.807, 2.05) is 24.4 Å². The largest absolute Gasteiger partial charge is 0.494 e. The number of aryl methyl sites for hydroxylation is 1. The summed E-state index contributed by atoms with van der Waals surface area (Å²) in [5.74, 6) is -0.191. The van der Waals surface area contributed by atoms with Crippen LogP contribution >= 0.6 is 11.3 Å². The lowest BCUT2D eigenvalue weighted by atomic mass is 10.2. The van der Waals surface area contributed by atoms with Gasteiger partial charge in [-0.05, 0) is 79.7 Å². The number of ether oxygens (including phenoxy) is 1. The van der Waals surface area contributed by atoms with Gasteiger partial charge in [0, 0.05) is 22.5 Å². The molecule has 0 radical (unpaired) electrons. The zero-order valence-electron chi connectivity index (χ0n) is 18.0. The number of carbonyl (C=O) groups is 2. The summed E-state index contributed by atoms with van der Waals surface area (Å²) in [5.41, 5.74) is 5.34. The van der Waals surface area contributed by atoms with Gasteiger partial charge >= 0.3 is 0 Å². The summed E-state index contributed by atoms with van der Waals surface area (Å²) >= 11 is 1.65. The molecule has 0 spiro atoms. The maximum Gasteiger partial charge on any atom is 0.269 e. The summed E-state index contributed by atoms with van der Waals surface area (Å²) < 4.78 is 32.9. The summed E-state index contributed by atoms with van der Waals surface area (Å²) in [6.45, 7) is 2.33. The van der Waals surface area contributed by atoms with E-state index in [-0.39, 0.29) is 16.4 Å². The van der Waals surface area contributed by atoms with Crippen molar-refractivity contribution in [3.05, 3.63) is 76.5 Å². The van der Waals surface area contributed by atoms with Crippen LogP contribution in [0.1, 0.15) is 35.0 Å². The molecule has 1 heterocycles. The van der Waals surface area contributed by atoms with Crippen molar-refractivity contribution in [2.45, 2.75) is 31.1 Å². The van der Waals surface area contributed by atoms with Crippen LogP contribution in [-0.2, 0) is 21.2 Å². The number of hydrogen-bond acceptors (Lipinski definition) is 6. The molecule has 2 amide bonds. The van der Waals surface area contributed by atoms with E-state index in [4.69, 9.17) is 4.74 Å². The molecule has 3 rings (SSSR count). The highest BCUT2D eigenvalue weighted by molar-refractivity contribution is 7.92. The highest BCUT2D eigenvalue weighted by Crippen LogP contribution is 2.20. The number of anilines is 1. The van der Waals surface area contributed by atoms with E-state index in [0.29, 0.717) is 30.9 Å². The van der Waals surface area contributed by atoms with Crippen LogP contribution in [0.2, 0.25) is 0 Å². The lowest BCUT2D eigenvalue weighted by Crippen LogP contribution is -2.41. The SMILES string of the molecule is CCOc1ccc(S(=O)(=O)Nc2ccc(C(=O)NNC(=O)CCCc3cccs3)cc2)cc1. The molecule has 33 heavy (non-hydrogen) atoms. The second-order valence-electron chi connectivity index (χ2n) is 7.02. The number of carbonyl (C=O) groups excluding carboxylic acids is 2. The van der Waals surface area contributed by atoms with Gasteiger partial charge in [-0.15, -0.1) is 11.3 Å². The van der Waals surface area contributed by atoms with Crippen molar-refractivity contribution in [3.8, 4) is 5.75 Å². The van der Waals surface area contributed by atoms with Crippen molar-refractivity contribution in [2.24, 2.45) is 0 Å². The van der Waals surface area contributed by atoms with E-state index in [9.17, 15) is 18.0 Å². The first-order valence-corrected chi connectivity index (χ1v) is 12.7. The highest BCUT2D eigenvalue weighted by atomic mass is 32.2.